The first kappa shape index (κ1) is 10.9. The average Bonchev–Trinajstić information content (AvgIpc) is 1.57. The molecule has 0 aliphatic carbocycles. The zero-order valence-corrected chi connectivity index (χ0v) is 12.0. The molecular formula is C6H18Si4. The van der Waals surface area contributed by atoms with Crippen LogP contribution in [0.3, 0.4) is 0 Å². The maximum absolute atomic E-state index is 2.48. The molecule has 58 valence electrons. The summed E-state index contributed by atoms with van der Waals surface area (Å²) in [5.41, 5.74) is 0. The Morgan fingerprint density at radius 2 is 0.800 bits per heavy atom. The Morgan fingerprint density at radius 3 is 0.900 bits per heavy atom. The molecule has 0 aliphatic rings. The molecule has 0 nitrogen and oxygen atoms in total. The second-order valence-electron chi connectivity index (χ2n) is 4.75. The quantitative estimate of drug-likeness (QED) is 0.527. The summed E-state index contributed by atoms with van der Waals surface area (Å²) in [6.07, 6.45) is 0. The standard InChI is InChI=1S/C6H18Si4/c1-9(2,3)7-8-10(4,5)6/h1-6H3. The van der Waals surface area contributed by atoms with Gasteiger partial charge in [0.05, 0.1) is 15.2 Å². The fraction of sp³-hybridized carbons (Fsp3) is 1.00. The minimum atomic E-state index is -0.692. The lowest BCUT2D eigenvalue weighted by Gasteiger charge is -2.09. The zero-order chi connectivity index (χ0) is 8.41. The van der Waals surface area contributed by atoms with Crippen LogP contribution in [0.5, 0.6) is 0 Å². The van der Waals surface area contributed by atoms with Crippen LogP contribution in [0.4, 0.5) is 0 Å². The van der Waals surface area contributed by atoms with E-state index in [9.17, 15) is 0 Å². The maximum Gasteiger partial charge on any atom is 0.0896 e. The third kappa shape index (κ3) is 8.87. The highest BCUT2D eigenvalue weighted by Gasteiger charge is 2.11. The Morgan fingerprint density at radius 1 is 0.600 bits per heavy atom. The van der Waals surface area contributed by atoms with E-state index >= 15 is 0 Å². The minimum Gasteiger partial charge on any atom is -0.0793 e. The number of hydrogen-bond donors (Lipinski definition) is 0. The Hall–Kier alpha value is 0.868. The van der Waals surface area contributed by atoms with Crippen molar-refractivity contribution >= 4 is 31.1 Å². The summed E-state index contributed by atoms with van der Waals surface area (Å²) in [5.74, 6) is 0. The summed E-state index contributed by atoms with van der Waals surface area (Å²) in [5, 5.41) is 0. The maximum atomic E-state index is 2.48. The van der Waals surface area contributed by atoms with Crippen molar-refractivity contribution in [1.29, 1.82) is 0 Å². The van der Waals surface area contributed by atoms with Gasteiger partial charge < -0.3 is 0 Å². The van der Waals surface area contributed by atoms with Crippen LogP contribution in [-0.4, -0.2) is 31.1 Å². The monoisotopic (exact) mass is 202 g/mol. The first-order chi connectivity index (χ1) is 4.21. The van der Waals surface area contributed by atoms with Crippen LogP contribution in [0, 0.1) is 0 Å². The Balaban J connectivity index is 4.19. The third-order valence-corrected chi connectivity index (χ3v) is 25.3. The van der Waals surface area contributed by atoms with Crippen molar-refractivity contribution in [2.75, 3.05) is 0 Å². The van der Waals surface area contributed by atoms with Gasteiger partial charge in [-0.3, -0.25) is 0 Å². The van der Waals surface area contributed by atoms with Crippen LogP contribution in [0.2, 0.25) is 39.3 Å². The van der Waals surface area contributed by atoms with E-state index in [0.29, 0.717) is 0 Å². The fourth-order valence-corrected chi connectivity index (χ4v) is 30.4. The molecule has 0 saturated carbocycles. The predicted octanol–water partition coefficient (Wildman–Crippen LogP) is 1.98. The van der Waals surface area contributed by atoms with E-state index in [0.717, 1.165) is 0 Å². The highest BCUT2D eigenvalue weighted by molar-refractivity contribution is 7.37. The van der Waals surface area contributed by atoms with Gasteiger partial charge in [-0.1, -0.05) is 55.2 Å². The average molecular weight is 203 g/mol. The van der Waals surface area contributed by atoms with Gasteiger partial charge in [-0.25, -0.2) is 0 Å². The number of hydrogen-bond acceptors (Lipinski definition) is 0. The third-order valence-electron chi connectivity index (χ3n) is 0.812. The van der Waals surface area contributed by atoms with Gasteiger partial charge >= 0.3 is 0 Å². The SMILES string of the molecule is C[Si](C)(C)[Si]#[Si][Si](C)(C)C. The first-order valence-corrected chi connectivity index (χ1v) is 15.8. The summed E-state index contributed by atoms with van der Waals surface area (Å²) in [6, 6.07) is 0. The molecule has 0 unspecified atom stereocenters. The Bertz CT molecular complexity index is 143. The van der Waals surface area contributed by atoms with E-state index in [1.807, 2.05) is 0 Å². The van der Waals surface area contributed by atoms with E-state index in [1.165, 1.54) is 15.9 Å². The Kier molecular flexibility index (Phi) is 3.81. The smallest absolute Gasteiger partial charge is 0.0793 e. The van der Waals surface area contributed by atoms with Gasteiger partial charge in [0.15, 0.2) is 0 Å². The van der Waals surface area contributed by atoms with Crippen LogP contribution in [-0.2, 0) is 0 Å². The van der Waals surface area contributed by atoms with Crippen molar-refractivity contribution in [3.63, 3.8) is 0 Å². The van der Waals surface area contributed by atoms with Gasteiger partial charge in [-0.05, 0) is 0 Å². The normalized spacial score (nSPS) is 12.2. The van der Waals surface area contributed by atoms with Gasteiger partial charge in [0.25, 0.3) is 0 Å². The summed E-state index contributed by atoms with van der Waals surface area (Å²) in [6.45, 7) is 14.9. The predicted molar refractivity (Wildman–Crippen MR) is 58.2 cm³/mol. The molecule has 0 aromatic rings. The van der Waals surface area contributed by atoms with Crippen LogP contribution < -0.4 is 0 Å². The van der Waals surface area contributed by atoms with Gasteiger partial charge in [-0.15, -0.1) is 0 Å². The summed E-state index contributed by atoms with van der Waals surface area (Å²) >= 11 is 0. The largest absolute Gasteiger partial charge is 0.0896 e. The summed E-state index contributed by atoms with van der Waals surface area (Å²) < 4.78 is 0. The lowest BCUT2D eigenvalue weighted by atomic mass is 11.8. The first-order valence-electron chi connectivity index (χ1n) is 3.75. The molecule has 0 rings (SSSR count). The topological polar surface area (TPSA) is 0 Å². The fourth-order valence-electron chi connectivity index (χ4n) is 0.375. The lowest BCUT2D eigenvalue weighted by Crippen LogP contribution is -2.31. The van der Waals surface area contributed by atoms with Crippen LogP contribution in [0.25, 0.3) is 0 Å². The number of rotatable bonds is 0. The lowest BCUT2D eigenvalue weighted by molar-refractivity contribution is 1.86. The van der Waals surface area contributed by atoms with Crippen molar-refractivity contribution in [1.82, 2.24) is 0 Å². The van der Waals surface area contributed by atoms with Gasteiger partial charge in [-0.2, -0.15) is 0 Å². The molecule has 0 aromatic carbocycles. The molecule has 0 spiro atoms. The van der Waals surface area contributed by atoms with Crippen molar-refractivity contribution in [2.24, 2.45) is 0 Å². The molecule has 0 amide bonds. The molecule has 0 fully saturated rings. The summed E-state index contributed by atoms with van der Waals surface area (Å²) in [4.78, 5) is 0. The molecule has 0 saturated heterocycles. The molecule has 4 heteroatoms. The van der Waals surface area contributed by atoms with Crippen molar-refractivity contribution in [2.45, 2.75) is 39.3 Å². The molecule has 0 aliphatic heterocycles. The van der Waals surface area contributed by atoms with Gasteiger partial charge in [0.2, 0.25) is 0 Å². The zero-order valence-electron chi connectivity index (χ0n) is 8.00. The van der Waals surface area contributed by atoms with Gasteiger partial charge in [0.1, 0.15) is 0 Å². The van der Waals surface area contributed by atoms with E-state index in [-0.39, 0.29) is 0 Å². The van der Waals surface area contributed by atoms with Crippen LogP contribution >= 0.6 is 0 Å². The molecule has 0 heterocycles. The Labute approximate surface area is 70.6 Å². The molecular weight excluding hydrogens is 184 g/mol. The van der Waals surface area contributed by atoms with Crippen molar-refractivity contribution in [3.8, 4) is 0 Å². The van der Waals surface area contributed by atoms with E-state index < -0.39 is 15.2 Å². The second kappa shape index (κ2) is 3.51. The molecule has 0 atom stereocenters. The van der Waals surface area contributed by atoms with E-state index in [4.69, 9.17) is 0 Å². The van der Waals surface area contributed by atoms with Crippen LogP contribution in [0.15, 0.2) is 0 Å². The molecule has 0 N–H and O–H groups in total. The molecule has 0 radical (unpaired) electrons. The molecule has 10 heavy (non-hydrogen) atoms. The highest BCUT2D eigenvalue weighted by Crippen LogP contribution is 1.94. The molecule has 0 bridgehead atoms. The molecule has 0 aromatic heterocycles. The van der Waals surface area contributed by atoms with E-state index in [1.54, 1.807) is 0 Å². The highest BCUT2D eigenvalue weighted by atomic mass is 29.5. The minimum absolute atomic E-state index is 0.692. The van der Waals surface area contributed by atoms with Crippen molar-refractivity contribution < 1.29 is 0 Å². The van der Waals surface area contributed by atoms with E-state index in [2.05, 4.69) is 39.3 Å². The summed E-state index contributed by atoms with van der Waals surface area (Å²) in [7, 11) is 1.26. The van der Waals surface area contributed by atoms with Crippen LogP contribution in [0.1, 0.15) is 0 Å². The van der Waals surface area contributed by atoms with Crippen molar-refractivity contribution in [3.05, 3.63) is 0 Å². The van der Waals surface area contributed by atoms with Gasteiger partial charge in [0, 0.05) is 0 Å². The second-order valence-corrected chi connectivity index (χ2v) is 29.2.